The Morgan fingerprint density at radius 3 is 2.61 bits per heavy atom. The van der Waals surface area contributed by atoms with Gasteiger partial charge in [0.2, 0.25) is 0 Å². The van der Waals surface area contributed by atoms with Crippen LogP contribution < -0.4 is 5.73 Å². The van der Waals surface area contributed by atoms with Crippen LogP contribution in [0.1, 0.15) is 24.2 Å². The van der Waals surface area contributed by atoms with Gasteiger partial charge in [-0.1, -0.05) is 13.8 Å². The van der Waals surface area contributed by atoms with E-state index in [1.165, 1.54) is 17.0 Å². The molecular weight excluding hydrogens is 235 g/mol. The lowest BCUT2D eigenvalue weighted by atomic mass is 9.82. The molecule has 2 rings (SSSR count). The number of likely N-dealkylation sites (tertiary alicyclic amines) is 1. The third kappa shape index (κ3) is 2.06. The Morgan fingerprint density at radius 2 is 2.11 bits per heavy atom. The van der Waals surface area contributed by atoms with E-state index >= 15 is 0 Å². The van der Waals surface area contributed by atoms with Crippen molar-refractivity contribution in [2.45, 2.75) is 19.4 Å². The van der Waals surface area contributed by atoms with Crippen LogP contribution in [0.2, 0.25) is 0 Å². The van der Waals surface area contributed by atoms with E-state index < -0.39 is 17.3 Å². The number of rotatable bonds is 2. The van der Waals surface area contributed by atoms with Crippen molar-refractivity contribution in [3.8, 4) is 0 Å². The summed E-state index contributed by atoms with van der Waals surface area (Å²) < 4.78 is 13.6. The number of anilines is 1. The maximum Gasteiger partial charge on any atom is 0.257 e. The lowest BCUT2D eigenvalue weighted by Gasteiger charge is -2.49. The van der Waals surface area contributed by atoms with Crippen molar-refractivity contribution in [2.75, 3.05) is 18.8 Å². The number of carbonyl (C=O) groups is 1. The van der Waals surface area contributed by atoms with Crippen molar-refractivity contribution in [2.24, 2.45) is 5.92 Å². The number of hydrogen-bond donors (Lipinski definition) is 2. The second-order valence-electron chi connectivity index (χ2n) is 5.16. The van der Waals surface area contributed by atoms with Gasteiger partial charge in [0.05, 0.1) is 18.7 Å². The molecule has 1 aromatic carbocycles. The summed E-state index contributed by atoms with van der Waals surface area (Å²) in [5.74, 6) is -0.962. The second-order valence-corrected chi connectivity index (χ2v) is 5.16. The highest BCUT2D eigenvalue weighted by Crippen LogP contribution is 2.30. The van der Waals surface area contributed by atoms with Crippen molar-refractivity contribution >= 4 is 11.6 Å². The molecule has 1 amide bonds. The number of halogens is 1. The fourth-order valence-corrected chi connectivity index (χ4v) is 2.00. The van der Waals surface area contributed by atoms with Crippen LogP contribution in [-0.4, -0.2) is 34.6 Å². The lowest BCUT2D eigenvalue weighted by molar-refractivity contribution is -0.111. The van der Waals surface area contributed by atoms with Gasteiger partial charge in [0.15, 0.2) is 0 Å². The molecule has 0 bridgehead atoms. The van der Waals surface area contributed by atoms with Gasteiger partial charge in [-0.15, -0.1) is 0 Å². The summed E-state index contributed by atoms with van der Waals surface area (Å²) >= 11 is 0. The summed E-state index contributed by atoms with van der Waals surface area (Å²) in [6.45, 7) is 4.28. The minimum absolute atomic E-state index is 0.00462. The molecule has 1 fully saturated rings. The number of hydrogen-bond acceptors (Lipinski definition) is 3. The average molecular weight is 252 g/mol. The minimum atomic E-state index is -0.847. The molecule has 0 atom stereocenters. The number of aliphatic hydroxyl groups is 1. The number of nitrogen functional groups attached to an aromatic ring is 1. The maximum atomic E-state index is 13.6. The molecule has 0 saturated carbocycles. The van der Waals surface area contributed by atoms with Gasteiger partial charge < -0.3 is 15.7 Å². The first-order chi connectivity index (χ1) is 8.33. The molecule has 1 aromatic rings. The Labute approximate surface area is 105 Å². The Balaban J connectivity index is 2.11. The van der Waals surface area contributed by atoms with Gasteiger partial charge in [-0.2, -0.15) is 0 Å². The molecule has 4 nitrogen and oxygen atoms in total. The van der Waals surface area contributed by atoms with E-state index in [1.54, 1.807) is 0 Å². The summed E-state index contributed by atoms with van der Waals surface area (Å²) in [5, 5.41) is 10.1. The monoisotopic (exact) mass is 252 g/mol. The topological polar surface area (TPSA) is 66.6 Å². The zero-order valence-electron chi connectivity index (χ0n) is 10.5. The highest BCUT2D eigenvalue weighted by atomic mass is 19.1. The zero-order valence-corrected chi connectivity index (χ0v) is 10.5. The molecule has 0 unspecified atom stereocenters. The van der Waals surface area contributed by atoms with Crippen LogP contribution in [0.25, 0.3) is 0 Å². The highest BCUT2D eigenvalue weighted by Gasteiger charge is 2.46. The van der Waals surface area contributed by atoms with E-state index in [0.717, 1.165) is 6.07 Å². The minimum Gasteiger partial charge on any atom is -0.399 e. The number of nitrogens with zero attached hydrogens (tertiary/aromatic N) is 1. The summed E-state index contributed by atoms with van der Waals surface area (Å²) in [6, 6.07) is 3.99. The van der Waals surface area contributed by atoms with Crippen molar-refractivity contribution in [1.82, 2.24) is 4.90 Å². The van der Waals surface area contributed by atoms with E-state index in [1.807, 2.05) is 13.8 Å². The van der Waals surface area contributed by atoms with Gasteiger partial charge in [0, 0.05) is 5.69 Å². The predicted octanol–water partition coefficient (Wildman–Crippen LogP) is 1.25. The SMILES string of the molecule is CC(C)C1(O)CN(C(=O)c2ccc(N)cc2F)C1. The number of nitrogens with two attached hydrogens (primary N) is 1. The Hall–Kier alpha value is -1.62. The fraction of sp³-hybridized carbons (Fsp3) is 0.462. The molecule has 0 spiro atoms. The van der Waals surface area contributed by atoms with E-state index in [2.05, 4.69) is 0 Å². The molecule has 3 N–H and O–H groups in total. The number of β-amino-alcohol motifs (C(OH)–C–C–N with tert-alkyl or cyclic N) is 1. The smallest absolute Gasteiger partial charge is 0.257 e. The van der Waals surface area contributed by atoms with Gasteiger partial charge in [-0.25, -0.2) is 4.39 Å². The Morgan fingerprint density at radius 1 is 1.50 bits per heavy atom. The lowest BCUT2D eigenvalue weighted by Crippen LogP contribution is -2.66. The zero-order chi connectivity index (χ0) is 13.5. The molecular formula is C13H17FN2O2. The van der Waals surface area contributed by atoms with Crippen LogP contribution in [0, 0.1) is 11.7 Å². The van der Waals surface area contributed by atoms with Gasteiger partial charge in [0.25, 0.3) is 5.91 Å². The Kier molecular flexibility index (Phi) is 3.02. The van der Waals surface area contributed by atoms with Crippen LogP contribution in [0.15, 0.2) is 18.2 Å². The molecule has 5 heteroatoms. The number of benzene rings is 1. The molecule has 0 radical (unpaired) electrons. The van der Waals surface area contributed by atoms with Crippen LogP contribution in [0.4, 0.5) is 10.1 Å². The fourth-order valence-electron chi connectivity index (χ4n) is 2.00. The molecule has 98 valence electrons. The van der Waals surface area contributed by atoms with Crippen molar-refractivity contribution in [3.05, 3.63) is 29.6 Å². The van der Waals surface area contributed by atoms with Gasteiger partial charge in [-0.05, 0) is 24.1 Å². The molecule has 1 aliphatic rings. The maximum absolute atomic E-state index is 13.6. The highest BCUT2D eigenvalue weighted by molar-refractivity contribution is 5.95. The number of amides is 1. The first kappa shape index (κ1) is 12.8. The Bertz CT molecular complexity index is 482. The summed E-state index contributed by atoms with van der Waals surface area (Å²) in [6.07, 6.45) is 0. The van der Waals surface area contributed by atoms with Crippen LogP contribution in [0.5, 0.6) is 0 Å². The van der Waals surface area contributed by atoms with Gasteiger partial charge in [0.1, 0.15) is 11.4 Å². The van der Waals surface area contributed by atoms with Crippen molar-refractivity contribution < 1.29 is 14.3 Å². The first-order valence-electron chi connectivity index (χ1n) is 5.90. The predicted molar refractivity (Wildman–Crippen MR) is 66.5 cm³/mol. The molecule has 0 aromatic heterocycles. The summed E-state index contributed by atoms with van der Waals surface area (Å²) in [7, 11) is 0. The van der Waals surface area contributed by atoms with Crippen LogP contribution in [-0.2, 0) is 0 Å². The average Bonchev–Trinajstić information content (AvgIpc) is 2.23. The quantitative estimate of drug-likeness (QED) is 0.778. The van der Waals surface area contributed by atoms with E-state index in [0.29, 0.717) is 0 Å². The molecule has 1 saturated heterocycles. The normalized spacial score (nSPS) is 17.7. The largest absolute Gasteiger partial charge is 0.399 e. The summed E-state index contributed by atoms with van der Waals surface area (Å²) in [5.41, 5.74) is 4.86. The molecule has 18 heavy (non-hydrogen) atoms. The third-order valence-corrected chi connectivity index (χ3v) is 3.51. The number of carbonyl (C=O) groups excluding carboxylic acids is 1. The molecule has 0 aliphatic carbocycles. The first-order valence-corrected chi connectivity index (χ1v) is 5.90. The van der Waals surface area contributed by atoms with E-state index in [4.69, 9.17) is 5.73 Å². The van der Waals surface area contributed by atoms with E-state index in [-0.39, 0.29) is 30.3 Å². The standard InChI is InChI=1S/C13H17FN2O2/c1-8(2)13(18)6-16(7-13)12(17)10-4-3-9(15)5-11(10)14/h3-5,8,18H,6-7,15H2,1-2H3. The van der Waals surface area contributed by atoms with Gasteiger partial charge in [-0.3, -0.25) is 4.79 Å². The van der Waals surface area contributed by atoms with Crippen LogP contribution in [0.3, 0.4) is 0 Å². The second kappa shape index (κ2) is 4.24. The molecule has 1 heterocycles. The van der Waals surface area contributed by atoms with Crippen molar-refractivity contribution in [3.63, 3.8) is 0 Å². The summed E-state index contributed by atoms with van der Waals surface area (Å²) in [4.78, 5) is 13.4. The van der Waals surface area contributed by atoms with Crippen LogP contribution >= 0.6 is 0 Å². The third-order valence-electron chi connectivity index (χ3n) is 3.51. The van der Waals surface area contributed by atoms with E-state index in [9.17, 15) is 14.3 Å². The van der Waals surface area contributed by atoms with Crippen molar-refractivity contribution in [1.29, 1.82) is 0 Å². The molecule has 1 aliphatic heterocycles. The van der Waals surface area contributed by atoms with Gasteiger partial charge >= 0.3 is 0 Å².